The molecular formula is C17H19Cl2N5O2S. The zero-order chi connectivity index (χ0) is 18.8. The van der Waals surface area contributed by atoms with Crippen molar-refractivity contribution in [3.05, 3.63) is 32.7 Å². The lowest BCUT2D eigenvalue weighted by molar-refractivity contribution is 0.0747. The van der Waals surface area contributed by atoms with Gasteiger partial charge in [0.15, 0.2) is 0 Å². The third-order valence-electron chi connectivity index (χ3n) is 4.75. The van der Waals surface area contributed by atoms with E-state index in [1.807, 2.05) is 11.0 Å². The molecule has 2 aromatic heterocycles. The number of carbonyl (C=O) groups is 1. The Bertz CT molecular complexity index is 819. The molecule has 10 heteroatoms. The molecular weight excluding hydrogens is 409 g/mol. The van der Waals surface area contributed by atoms with E-state index in [4.69, 9.17) is 27.9 Å². The van der Waals surface area contributed by atoms with Crippen LogP contribution in [-0.4, -0.2) is 73.3 Å². The van der Waals surface area contributed by atoms with Gasteiger partial charge in [0.25, 0.3) is 5.91 Å². The molecule has 2 fully saturated rings. The van der Waals surface area contributed by atoms with E-state index in [9.17, 15) is 4.79 Å². The zero-order valence-electron chi connectivity index (χ0n) is 14.6. The highest BCUT2D eigenvalue weighted by atomic mass is 35.5. The van der Waals surface area contributed by atoms with Crippen LogP contribution in [0, 0.1) is 0 Å². The molecule has 27 heavy (non-hydrogen) atoms. The van der Waals surface area contributed by atoms with Crippen molar-refractivity contribution in [2.45, 2.75) is 0 Å². The summed E-state index contributed by atoms with van der Waals surface area (Å²) in [5.41, 5.74) is 0.483. The summed E-state index contributed by atoms with van der Waals surface area (Å²) >= 11 is 13.3. The van der Waals surface area contributed by atoms with Crippen LogP contribution in [-0.2, 0) is 4.74 Å². The van der Waals surface area contributed by atoms with Crippen molar-refractivity contribution in [2.75, 3.05) is 62.3 Å². The highest BCUT2D eigenvalue weighted by Gasteiger charge is 2.26. The number of nitrogens with zero attached hydrogens (tertiary/aromatic N) is 5. The number of morpholine rings is 1. The van der Waals surface area contributed by atoms with Gasteiger partial charge in [-0.3, -0.25) is 4.79 Å². The van der Waals surface area contributed by atoms with Crippen molar-refractivity contribution in [1.29, 1.82) is 0 Å². The number of rotatable bonds is 3. The molecule has 2 aliphatic heterocycles. The SMILES string of the molecule is O=C(c1cc(Cl)sc1Cl)N1CCN(c2cc(N3CCOCC3)ncn2)CC1. The standard InChI is InChI=1S/C17H19Cl2N5O2S/c18-13-9-12(16(19)27-13)17(25)24-3-1-22(2-4-24)14-10-15(21-11-20-14)23-5-7-26-8-6-23/h9-11H,1-8H2. The summed E-state index contributed by atoms with van der Waals surface area (Å²) in [6, 6.07) is 3.65. The minimum absolute atomic E-state index is 0.0699. The maximum atomic E-state index is 12.7. The summed E-state index contributed by atoms with van der Waals surface area (Å²) in [4.78, 5) is 27.7. The van der Waals surface area contributed by atoms with Crippen LogP contribution in [0.2, 0.25) is 8.67 Å². The van der Waals surface area contributed by atoms with Crippen LogP contribution in [0.15, 0.2) is 18.5 Å². The highest BCUT2D eigenvalue weighted by molar-refractivity contribution is 7.20. The topological polar surface area (TPSA) is 61.8 Å². The molecule has 0 bridgehead atoms. The molecule has 4 rings (SSSR count). The van der Waals surface area contributed by atoms with Crippen LogP contribution in [0.3, 0.4) is 0 Å². The average molecular weight is 428 g/mol. The van der Waals surface area contributed by atoms with Crippen molar-refractivity contribution in [3.63, 3.8) is 0 Å². The van der Waals surface area contributed by atoms with Gasteiger partial charge in [0.05, 0.1) is 23.1 Å². The monoisotopic (exact) mass is 427 g/mol. The Labute approximate surface area is 171 Å². The molecule has 0 saturated carbocycles. The zero-order valence-corrected chi connectivity index (χ0v) is 16.9. The molecule has 0 radical (unpaired) electrons. The first-order valence-corrected chi connectivity index (χ1v) is 10.3. The van der Waals surface area contributed by atoms with Gasteiger partial charge in [-0.15, -0.1) is 11.3 Å². The van der Waals surface area contributed by atoms with E-state index in [1.54, 1.807) is 12.4 Å². The molecule has 1 amide bonds. The largest absolute Gasteiger partial charge is 0.378 e. The molecule has 2 saturated heterocycles. The van der Waals surface area contributed by atoms with Crippen molar-refractivity contribution in [1.82, 2.24) is 14.9 Å². The predicted octanol–water partition coefficient (Wildman–Crippen LogP) is 2.64. The second-order valence-electron chi connectivity index (χ2n) is 6.35. The molecule has 0 N–H and O–H groups in total. The van der Waals surface area contributed by atoms with E-state index in [-0.39, 0.29) is 5.91 Å². The lowest BCUT2D eigenvalue weighted by atomic mass is 10.2. The number of anilines is 2. The number of halogens is 2. The molecule has 0 aromatic carbocycles. The molecule has 144 valence electrons. The van der Waals surface area contributed by atoms with Gasteiger partial charge in [-0.05, 0) is 6.07 Å². The number of thiophene rings is 1. The first kappa shape index (κ1) is 18.7. The maximum Gasteiger partial charge on any atom is 0.256 e. The van der Waals surface area contributed by atoms with Crippen molar-refractivity contribution in [3.8, 4) is 0 Å². The number of amides is 1. The normalized spacial score (nSPS) is 18.1. The van der Waals surface area contributed by atoms with Gasteiger partial charge in [0.1, 0.15) is 22.3 Å². The molecule has 0 atom stereocenters. The van der Waals surface area contributed by atoms with E-state index in [2.05, 4.69) is 19.8 Å². The second-order valence-corrected chi connectivity index (χ2v) is 8.64. The van der Waals surface area contributed by atoms with Crippen molar-refractivity contribution < 1.29 is 9.53 Å². The number of hydrogen-bond donors (Lipinski definition) is 0. The van der Waals surface area contributed by atoms with E-state index < -0.39 is 0 Å². The molecule has 2 aromatic rings. The first-order valence-electron chi connectivity index (χ1n) is 8.75. The van der Waals surface area contributed by atoms with Crippen LogP contribution in [0.25, 0.3) is 0 Å². The summed E-state index contributed by atoms with van der Waals surface area (Å²) in [5, 5.41) is 0. The quantitative estimate of drug-likeness (QED) is 0.749. The summed E-state index contributed by atoms with van der Waals surface area (Å²) in [7, 11) is 0. The van der Waals surface area contributed by atoms with E-state index in [1.165, 1.54) is 11.3 Å². The van der Waals surface area contributed by atoms with Gasteiger partial charge in [0.2, 0.25) is 0 Å². The predicted molar refractivity (Wildman–Crippen MR) is 108 cm³/mol. The third kappa shape index (κ3) is 4.13. The second kappa shape index (κ2) is 8.18. The van der Waals surface area contributed by atoms with E-state index in [0.29, 0.717) is 40.4 Å². The van der Waals surface area contributed by atoms with Crippen LogP contribution >= 0.6 is 34.5 Å². The van der Waals surface area contributed by atoms with Crippen LogP contribution in [0.5, 0.6) is 0 Å². The van der Waals surface area contributed by atoms with Crippen LogP contribution in [0.1, 0.15) is 10.4 Å². The molecule has 0 aliphatic carbocycles. The molecule has 4 heterocycles. The maximum absolute atomic E-state index is 12.7. The Morgan fingerprint density at radius 2 is 1.59 bits per heavy atom. The third-order valence-corrected chi connectivity index (χ3v) is 6.24. The highest BCUT2D eigenvalue weighted by Crippen LogP contribution is 2.32. The number of aromatic nitrogens is 2. The van der Waals surface area contributed by atoms with E-state index >= 15 is 0 Å². The minimum atomic E-state index is -0.0699. The lowest BCUT2D eigenvalue weighted by Gasteiger charge is -2.36. The fourth-order valence-electron chi connectivity index (χ4n) is 3.27. The average Bonchev–Trinajstić information content (AvgIpc) is 3.06. The van der Waals surface area contributed by atoms with Crippen LogP contribution < -0.4 is 9.80 Å². The fourth-order valence-corrected chi connectivity index (χ4v) is 4.72. The Kier molecular flexibility index (Phi) is 5.68. The smallest absolute Gasteiger partial charge is 0.256 e. The molecule has 0 spiro atoms. The summed E-state index contributed by atoms with van der Waals surface area (Å²) in [5.74, 6) is 1.73. The van der Waals surface area contributed by atoms with Gasteiger partial charge in [-0.2, -0.15) is 0 Å². The summed E-state index contributed by atoms with van der Waals surface area (Å²) in [6.45, 7) is 5.75. The Morgan fingerprint density at radius 1 is 0.963 bits per heavy atom. The Hall–Kier alpha value is -1.61. The fraction of sp³-hybridized carbons (Fsp3) is 0.471. The summed E-state index contributed by atoms with van der Waals surface area (Å²) < 4.78 is 6.37. The molecule has 0 unspecified atom stereocenters. The minimum Gasteiger partial charge on any atom is -0.378 e. The number of ether oxygens (including phenoxy) is 1. The number of hydrogen-bond acceptors (Lipinski definition) is 7. The summed E-state index contributed by atoms with van der Waals surface area (Å²) in [6.07, 6.45) is 1.60. The van der Waals surface area contributed by atoms with Crippen molar-refractivity contribution in [2.24, 2.45) is 0 Å². The molecule has 2 aliphatic rings. The van der Waals surface area contributed by atoms with Gasteiger partial charge in [0, 0.05) is 45.3 Å². The number of piperazine rings is 1. The van der Waals surface area contributed by atoms with Crippen molar-refractivity contribution >= 4 is 52.1 Å². The van der Waals surface area contributed by atoms with Gasteiger partial charge in [-0.25, -0.2) is 9.97 Å². The van der Waals surface area contributed by atoms with Gasteiger partial charge in [-0.1, -0.05) is 23.2 Å². The van der Waals surface area contributed by atoms with E-state index in [0.717, 1.165) is 37.9 Å². The molecule has 7 nitrogen and oxygen atoms in total. The lowest BCUT2D eigenvalue weighted by Crippen LogP contribution is -2.49. The van der Waals surface area contributed by atoms with Gasteiger partial charge >= 0.3 is 0 Å². The van der Waals surface area contributed by atoms with Crippen LogP contribution in [0.4, 0.5) is 11.6 Å². The number of carbonyl (C=O) groups excluding carboxylic acids is 1. The Morgan fingerprint density at radius 3 is 2.19 bits per heavy atom. The Balaban J connectivity index is 1.40. The van der Waals surface area contributed by atoms with Gasteiger partial charge < -0.3 is 19.4 Å². The first-order chi connectivity index (χ1) is 13.1.